The molecule has 52 valence electrons. The fourth-order valence-corrected chi connectivity index (χ4v) is 0.442. The summed E-state index contributed by atoms with van der Waals surface area (Å²) in [6.45, 7) is 3.76. The molecule has 0 saturated heterocycles. The van der Waals surface area contributed by atoms with Gasteiger partial charge in [-0.2, -0.15) is 0 Å². The quantitative estimate of drug-likeness (QED) is 0.558. The molecule has 2 heteroatoms. The van der Waals surface area contributed by atoms with Crippen molar-refractivity contribution in [3.63, 3.8) is 0 Å². The van der Waals surface area contributed by atoms with Gasteiger partial charge in [0.25, 0.3) is 0 Å². The highest BCUT2D eigenvalue weighted by atomic mass is 15.1. The Labute approximate surface area is 56.7 Å². The van der Waals surface area contributed by atoms with E-state index in [2.05, 4.69) is 0 Å². The maximum atomic E-state index is 7.12. The number of hydrogen-bond donors (Lipinski definition) is 1. The molecule has 0 fully saturated rings. The largest absolute Gasteiger partial charge is 0.381 e. The third-order valence-corrected chi connectivity index (χ3v) is 1.13. The molecule has 2 nitrogen and oxygen atoms in total. The smallest absolute Gasteiger partial charge is 0.0300 e. The zero-order chi connectivity index (χ0) is 7.44. The first-order valence-corrected chi connectivity index (χ1v) is 2.95. The van der Waals surface area contributed by atoms with Gasteiger partial charge in [0.05, 0.1) is 0 Å². The van der Waals surface area contributed by atoms with E-state index in [0.29, 0.717) is 5.71 Å². The fraction of sp³-hybridized carbons (Fsp3) is 0.571. The molecular formula is C7H14N2. The van der Waals surface area contributed by atoms with Gasteiger partial charge >= 0.3 is 0 Å². The minimum Gasteiger partial charge on any atom is -0.381 e. The van der Waals surface area contributed by atoms with Crippen LogP contribution < -0.4 is 0 Å². The van der Waals surface area contributed by atoms with Crippen molar-refractivity contribution in [2.45, 2.75) is 13.8 Å². The molecule has 0 aromatic carbocycles. The standard InChI is InChI=1S/C7H14N2/c1-6(8)5-7(2)9(3)4/h5,8H,1-4H3/b7-5-,8-6?. The van der Waals surface area contributed by atoms with Gasteiger partial charge < -0.3 is 10.3 Å². The second-order valence-corrected chi connectivity index (χ2v) is 2.36. The van der Waals surface area contributed by atoms with Gasteiger partial charge in [0, 0.05) is 25.5 Å². The summed E-state index contributed by atoms with van der Waals surface area (Å²) in [4.78, 5) is 1.98. The lowest BCUT2D eigenvalue weighted by molar-refractivity contribution is 0.514. The van der Waals surface area contributed by atoms with Crippen LogP contribution in [0.15, 0.2) is 11.8 Å². The Morgan fingerprint density at radius 2 is 1.78 bits per heavy atom. The molecule has 0 aliphatic heterocycles. The molecule has 0 unspecified atom stereocenters. The molecule has 1 N–H and O–H groups in total. The normalized spacial score (nSPS) is 11.3. The average Bonchev–Trinajstić information content (AvgIpc) is 1.63. The van der Waals surface area contributed by atoms with E-state index in [4.69, 9.17) is 5.41 Å². The molecule has 0 spiro atoms. The van der Waals surface area contributed by atoms with Crippen LogP contribution in [0.2, 0.25) is 0 Å². The highest BCUT2D eigenvalue weighted by Gasteiger charge is 1.88. The van der Waals surface area contributed by atoms with Crippen LogP contribution in [0.3, 0.4) is 0 Å². The van der Waals surface area contributed by atoms with Gasteiger partial charge in [0.2, 0.25) is 0 Å². The minimum absolute atomic E-state index is 0.598. The van der Waals surface area contributed by atoms with Crippen molar-refractivity contribution in [2.75, 3.05) is 14.1 Å². The van der Waals surface area contributed by atoms with Gasteiger partial charge in [-0.05, 0) is 19.9 Å². The summed E-state index contributed by atoms with van der Waals surface area (Å²) in [7, 11) is 3.93. The van der Waals surface area contributed by atoms with Crippen molar-refractivity contribution in [3.8, 4) is 0 Å². The van der Waals surface area contributed by atoms with Crippen molar-refractivity contribution in [1.82, 2.24) is 4.90 Å². The maximum absolute atomic E-state index is 7.12. The first-order valence-electron chi connectivity index (χ1n) is 2.95. The Hall–Kier alpha value is -0.790. The van der Waals surface area contributed by atoms with Crippen molar-refractivity contribution in [1.29, 1.82) is 5.41 Å². The van der Waals surface area contributed by atoms with Crippen LogP contribution in [0, 0.1) is 5.41 Å². The first kappa shape index (κ1) is 8.21. The molecule has 0 amide bonds. The van der Waals surface area contributed by atoms with E-state index in [1.165, 1.54) is 0 Å². The Balaban J connectivity index is 4.00. The molecule has 0 saturated carbocycles. The summed E-state index contributed by atoms with van der Waals surface area (Å²) in [5.74, 6) is 0. The van der Waals surface area contributed by atoms with Crippen molar-refractivity contribution in [3.05, 3.63) is 11.8 Å². The second kappa shape index (κ2) is 3.28. The fourth-order valence-electron chi connectivity index (χ4n) is 0.442. The molecule has 9 heavy (non-hydrogen) atoms. The number of nitrogens with one attached hydrogen (secondary N) is 1. The van der Waals surface area contributed by atoms with Gasteiger partial charge in [0.15, 0.2) is 0 Å². The van der Waals surface area contributed by atoms with E-state index in [1.807, 2.05) is 32.0 Å². The Kier molecular flexibility index (Phi) is 2.99. The Morgan fingerprint density at radius 3 is 1.89 bits per heavy atom. The van der Waals surface area contributed by atoms with Gasteiger partial charge in [-0.15, -0.1) is 0 Å². The van der Waals surface area contributed by atoms with Gasteiger partial charge in [-0.25, -0.2) is 0 Å². The summed E-state index contributed by atoms with van der Waals surface area (Å²) in [6.07, 6.45) is 1.83. The molecule has 0 heterocycles. The highest BCUT2D eigenvalue weighted by molar-refractivity contribution is 5.90. The summed E-state index contributed by atoms with van der Waals surface area (Å²) in [6, 6.07) is 0. The molecule has 0 aromatic rings. The molecule has 0 aliphatic carbocycles. The molecule has 0 aliphatic rings. The molecule has 0 aromatic heterocycles. The van der Waals surface area contributed by atoms with E-state index < -0.39 is 0 Å². The zero-order valence-electron chi connectivity index (χ0n) is 6.52. The number of hydrogen-bond acceptors (Lipinski definition) is 2. The number of nitrogens with zero attached hydrogens (tertiary/aromatic N) is 1. The van der Waals surface area contributed by atoms with Gasteiger partial charge in [0.1, 0.15) is 0 Å². The van der Waals surface area contributed by atoms with Crippen LogP contribution in [0.25, 0.3) is 0 Å². The van der Waals surface area contributed by atoms with E-state index in [9.17, 15) is 0 Å². The zero-order valence-corrected chi connectivity index (χ0v) is 6.52. The molecule has 0 bridgehead atoms. The molecule has 0 atom stereocenters. The van der Waals surface area contributed by atoms with Crippen molar-refractivity contribution >= 4 is 5.71 Å². The monoisotopic (exact) mass is 126 g/mol. The van der Waals surface area contributed by atoms with E-state index in [0.717, 1.165) is 5.70 Å². The summed E-state index contributed by atoms with van der Waals surface area (Å²) in [5, 5.41) is 7.12. The predicted octanol–water partition coefficient (Wildman–Crippen LogP) is 1.49. The predicted molar refractivity (Wildman–Crippen MR) is 40.8 cm³/mol. The second-order valence-electron chi connectivity index (χ2n) is 2.36. The van der Waals surface area contributed by atoms with Gasteiger partial charge in [-0.3, -0.25) is 0 Å². The van der Waals surface area contributed by atoms with E-state index in [1.54, 1.807) is 6.92 Å². The topological polar surface area (TPSA) is 27.1 Å². The van der Waals surface area contributed by atoms with Crippen LogP contribution >= 0.6 is 0 Å². The van der Waals surface area contributed by atoms with Crippen LogP contribution in [0.4, 0.5) is 0 Å². The van der Waals surface area contributed by atoms with Gasteiger partial charge in [-0.1, -0.05) is 0 Å². The lowest BCUT2D eigenvalue weighted by Crippen LogP contribution is -2.08. The Morgan fingerprint density at radius 1 is 1.33 bits per heavy atom. The summed E-state index contributed by atoms with van der Waals surface area (Å²) in [5.41, 5.74) is 1.71. The first-order chi connectivity index (χ1) is 4.04. The molecule has 0 rings (SSSR count). The van der Waals surface area contributed by atoms with E-state index >= 15 is 0 Å². The maximum Gasteiger partial charge on any atom is 0.0300 e. The number of allylic oxidation sites excluding steroid dienone is 2. The van der Waals surface area contributed by atoms with Crippen LogP contribution in [0.1, 0.15) is 13.8 Å². The lowest BCUT2D eigenvalue weighted by Gasteiger charge is -2.11. The summed E-state index contributed by atoms with van der Waals surface area (Å²) < 4.78 is 0. The molecule has 0 radical (unpaired) electrons. The van der Waals surface area contributed by atoms with Crippen LogP contribution in [-0.2, 0) is 0 Å². The molecular weight excluding hydrogens is 112 g/mol. The summed E-state index contributed by atoms with van der Waals surface area (Å²) >= 11 is 0. The Bertz CT molecular complexity index is 134. The third kappa shape index (κ3) is 3.76. The van der Waals surface area contributed by atoms with Crippen molar-refractivity contribution < 1.29 is 0 Å². The van der Waals surface area contributed by atoms with Crippen LogP contribution in [-0.4, -0.2) is 24.7 Å². The van der Waals surface area contributed by atoms with E-state index in [-0.39, 0.29) is 0 Å². The highest BCUT2D eigenvalue weighted by Crippen LogP contribution is 1.94. The lowest BCUT2D eigenvalue weighted by atomic mass is 10.3. The minimum atomic E-state index is 0.598. The SMILES string of the molecule is CC(=N)/C=C(/C)N(C)C. The average molecular weight is 126 g/mol. The third-order valence-electron chi connectivity index (χ3n) is 1.13. The number of rotatable bonds is 2. The van der Waals surface area contributed by atoms with Crippen LogP contribution in [0.5, 0.6) is 0 Å². The van der Waals surface area contributed by atoms with Crippen molar-refractivity contribution in [2.24, 2.45) is 0 Å².